The number of hydrogen-bond donors (Lipinski definition) is 3. The molecular formula is C12H22N6O2. The third-order valence-corrected chi connectivity index (χ3v) is 2.85. The first-order valence-electron chi connectivity index (χ1n) is 7.01. The zero-order valence-corrected chi connectivity index (χ0v) is 11.8. The van der Waals surface area contributed by atoms with Gasteiger partial charge < -0.3 is 25.4 Å². The molecule has 1 fully saturated rings. The number of nitrogens with one attached hydrogen (secondary N) is 2. The van der Waals surface area contributed by atoms with Crippen LogP contribution in [0, 0.1) is 0 Å². The van der Waals surface area contributed by atoms with Crippen molar-refractivity contribution in [2.45, 2.75) is 13.3 Å². The molecule has 0 aromatic carbocycles. The molecule has 0 aliphatic carbocycles. The zero-order chi connectivity index (χ0) is 14.2. The molecule has 0 unspecified atom stereocenters. The fraction of sp³-hybridized carbons (Fsp3) is 0.750. The van der Waals surface area contributed by atoms with Crippen LogP contribution in [0.3, 0.4) is 0 Å². The minimum absolute atomic E-state index is 0.0380. The molecule has 1 aliphatic heterocycles. The van der Waals surface area contributed by atoms with Crippen molar-refractivity contribution < 1.29 is 9.84 Å². The van der Waals surface area contributed by atoms with Crippen molar-refractivity contribution in [3.8, 4) is 0 Å². The Hall–Kier alpha value is -1.67. The van der Waals surface area contributed by atoms with Gasteiger partial charge in [0.1, 0.15) is 0 Å². The third kappa shape index (κ3) is 4.17. The second-order valence-corrected chi connectivity index (χ2v) is 4.46. The lowest BCUT2D eigenvalue weighted by molar-refractivity contribution is 0.122. The first-order valence-corrected chi connectivity index (χ1v) is 7.01. The highest BCUT2D eigenvalue weighted by atomic mass is 16.5. The molecule has 1 aromatic heterocycles. The lowest BCUT2D eigenvalue weighted by Crippen LogP contribution is -2.37. The Morgan fingerprint density at radius 1 is 1.10 bits per heavy atom. The van der Waals surface area contributed by atoms with Crippen molar-refractivity contribution in [1.82, 2.24) is 15.0 Å². The van der Waals surface area contributed by atoms with Crippen molar-refractivity contribution in [2.75, 3.05) is 61.5 Å². The van der Waals surface area contributed by atoms with E-state index in [-0.39, 0.29) is 6.61 Å². The molecule has 112 valence electrons. The monoisotopic (exact) mass is 282 g/mol. The first-order chi connectivity index (χ1) is 9.83. The second-order valence-electron chi connectivity index (χ2n) is 4.46. The van der Waals surface area contributed by atoms with Gasteiger partial charge in [0, 0.05) is 26.2 Å². The predicted octanol–water partition coefficient (Wildman–Crippen LogP) is -0.0657. The summed E-state index contributed by atoms with van der Waals surface area (Å²) in [6.07, 6.45) is 0.998. The van der Waals surface area contributed by atoms with Crippen LogP contribution in [0.25, 0.3) is 0 Å². The van der Waals surface area contributed by atoms with Crippen LogP contribution in [-0.4, -0.2) is 66.1 Å². The molecule has 2 heterocycles. The molecule has 1 aromatic rings. The second kappa shape index (κ2) is 7.81. The Kier molecular flexibility index (Phi) is 5.75. The van der Waals surface area contributed by atoms with E-state index in [1.807, 2.05) is 0 Å². The lowest BCUT2D eigenvalue weighted by Gasteiger charge is -2.27. The highest BCUT2D eigenvalue weighted by Gasteiger charge is 2.16. The Morgan fingerprint density at radius 3 is 2.35 bits per heavy atom. The van der Waals surface area contributed by atoms with Gasteiger partial charge in [-0.1, -0.05) is 6.92 Å². The summed E-state index contributed by atoms with van der Waals surface area (Å²) in [7, 11) is 0. The molecule has 0 atom stereocenters. The minimum atomic E-state index is 0.0380. The fourth-order valence-electron chi connectivity index (χ4n) is 1.83. The van der Waals surface area contributed by atoms with Crippen LogP contribution in [0.2, 0.25) is 0 Å². The predicted molar refractivity (Wildman–Crippen MR) is 77.2 cm³/mol. The summed E-state index contributed by atoms with van der Waals surface area (Å²) in [5, 5.41) is 15.0. The van der Waals surface area contributed by atoms with Gasteiger partial charge in [0.25, 0.3) is 0 Å². The van der Waals surface area contributed by atoms with E-state index in [0.717, 1.165) is 26.1 Å². The van der Waals surface area contributed by atoms with Crippen LogP contribution in [0.1, 0.15) is 13.3 Å². The maximum atomic E-state index is 8.88. The maximum Gasteiger partial charge on any atom is 0.232 e. The first kappa shape index (κ1) is 14.7. The molecule has 0 spiro atoms. The number of rotatable bonds is 7. The lowest BCUT2D eigenvalue weighted by atomic mass is 10.4. The average Bonchev–Trinajstić information content (AvgIpc) is 2.51. The van der Waals surface area contributed by atoms with Gasteiger partial charge in [-0.2, -0.15) is 15.0 Å². The molecular weight excluding hydrogens is 260 g/mol. The van der Waals surface area contributed by atoms with Gasteiger partial charge in [-0.15, -0.1) is 0 Å². The highest BCUT2D eigenvalue weighted by molar-refractivity contribution is 5.44. The van der Waals surface area contributed by atoms with Crippen LogP contribution < -0.4 is 15.5 Å². The zero-order valence-electron chi connectivity index (χ0n) is 11.8. The van der Waals surface area contributed by atoms with E-state index in [1.165, 1.54) is 0 Å². The summed E-state index contributed by atoms with van der Waals surface area (Å²) in [5.41, 5.74) is 0. The molecule has 1 saturated heterocycles. The average molecular weight is 282 g/mol. The standard InChI is InChI=1S/C12H22N6O2/c1-2-3-13-10-15-11(14-4-7-19)17-12(16-10)18-5-8-20-9-6-18/h19H,2-9H2,1H3,(H2,13,14,15,16,17). The topological polar surface area (TPSA) is 95.4 Å². The summed E-state index contributed by atoms with van der Waals surface area (Å²) < 4.78 is 5.33. The third-order valence-electron chi connectivity index (χ3n) is 2.85. The molecule has 0 amide bonds. The van der Waals surface area contributed by atoms with E-state index in [0.29, 0.717) is 37.6 Å². The van der Waals surface area contributed by atoms with Gasteiger partial charge in [-0.3, -0.25) is 0 Å². The SMILES string of the molecule is CCCNc1nc(NCCO)nc(N2CCOCC2)n1. The number of hydrogen-bond acceptors (Lipinski definition) is 8. The molecule has 1 aliphatic rings. The number of nitrogens with zero attached hydrogens (tertiary/aromatic N) is 4. The quantitative estimate of drug-likeness (QED) is 0.640. The van der Waals surface area contributed by atoms with Crippen LogP contribution in [0.5, 0.6) is 0 Å². The Bertz CT molecular complexity index is 385. The number of aliphatic hydroxyl groups is 1. The Morgan fingerprint density at radius 2 is 1.75 bits per heavy atom. The van der Waals surface area contributed by atoms with Gasteiger partial charge >= 0.3 is 0 Å². The van der Waals surface area contributed by atoms with Crippen LogP contribution >= 0.6 is 0 Å². The van der Waals surface area contributed by atoms with Crippen molar-refractivity contribution in [3.05, 3.63) is 0 Å². The van der Waals surface area contributed by atoms with Gasteiger partial charge in [-0.25, -0.2) is 0 Å². The number of aliphatic hydroxyl groups excluding tert-OH is 1. The largest absolute Gasteiger partial charge is 0.395 e. The molecule has 0 bridgehead atoms. The van der Waals surface area contributed by atoms with E-state index in [9.17, 15) is 0 Å². The molecule has 8 heteroatoms. The summed E-state index contributed by atoms with van der Waals surface area (Å²) in [5.74, 6) is 1.68. The van der Waals surface area contributed by atoms with E-state index in [1.54, 1.807) is 0 Å². The van der Waals surface area contributed by atoms with Crippen LogP contribution in [0.15, 0.2) is 0 Å². The maximum absolute atomic E-state index is 8.88. The normalized spacial score (nSPS) is 15.2. The number of ether oxygens (including phenoxy) is 1. The smallest absolute Gasteiger partial charge is 0.232 e. The van der Waals surface area contributed by atoms with Gasteiger partial charge in [0.05, 0.1) is 19.8 Å². The Labute approximate surface area is 118 Å². The van der Waals surface area contributed by atoms with E-state index >= 15 is 0 Å². The molecule has 20 heavy (non-hydrogen) atoms. The molecule has 2 rings (SSSR count). The summed E-state index contributed by atoms with van der Waals surface area (Å²) in [6.45, 7) is 6.27. The van der Waals surface area contributed by atoms with Crippen molar-refractivity contribution in [1.29, 1.82) is 0 Å². The summed E-state index contributed by atoms with van der Waals surface area (Å²) in [6, 6.07) is 0. The summed E-state index contributed by atoms with van der Waals surface area (Å²) in [4.78, 5) is 15.2. The van der Waals surface area contributed by atoms with Gasteiger partial charge in [0.15, 0.2) is 0 Å². The molecule has 0 radical (unpaired) electrons. The fourth-order valence-corrected chi connectivity index (χ4v) is 1.83. The number of morpholine rings is 1. The van der Waals surface area contributed by atoms with Crippen molar-refractivity contribution >= 4 is 17.8 Å². The van der Waals surface area contributed by atoms with Crippen LogP contribution in [-0.2, 0) is 4.74 Å². The van der Waals surface area contributed by atoms with E-state index < -0.39 is 0 Å². The highest BCUT2D eigenvalue weighted by Crippen LogP contribution is 2.14. The number of anilines is 3. The summed E-state index contributed by atoms with van der Waals surface area (Å²) >= 11 is 0. The van der Waals surface area contributed by atoms with E-state index in [2.05, 4.69) is 37.4 Å². The molecule has 0 saturated carbocycles. The van der Waals surface area contributed by atoms with Crippen molar-refractivity contribution in [3.63, 3.8) is 0 Å². The van der Waals surface area contributed by atoms with Gasteiger partial charge in [-0.05, 0) is 6.42 Å². The van der Waals surface area contributed by atoms with Crippen molar-refractivity contribution in [2.24, 2.45) is 0 Å². The molecule has 8 nitrogen and oxygen atoms in total. The molecule has 3 N–H and O–H groups in total. The van der Waals surface area contributed by atoms with Gasteiger partial charge in [0.2, 0.25) is 17.8 Å². The van der Waals surface area contributed by atoms with E-state index in [4.69, 9.17) is 9.84 Å². The minimum Gasteiger partial charge on any atom is -0.395 e. The van der Waals surface area contributed by atoms with Crippen LogP contribution in [0.4, 0.5) is 17.8 Å². The Balaban J connectivity index is 2.14. The number of aromatic nitrogens is 3.